The van der Waals surface area contributed by atoms with Gasteiger partial charge in [0.1, 0.15) is 11.6 Å². The highest BCUT2D eigenvalue weighted by molar-refractivity contribution is 6.09. The molecule has 138 valence electrons. The molecule has 1 N–H and O–H groups in total. The Bertz CT molecular complexity index is 911. The van der Waals surface area contributed by atoms with Crippen LogP contribution in [0.4, 0.5) is 5.69 Å². The lowest BCUT2D eigenvalue weighted by atomic mass is 10.1. The van der Waals surface area contributed by atoms with Crippen molar-refractivity contribution in [2.45, 2.75) is 0 Å². The molecule has 7 nitrogen and oxygen atoms in total. The van der Waals surface area contributed by atoms with Gasteiger partial charge < -0.3 is 19.5 Å². The molecule has 2 aromatic carbocycles. The fourth-order valence-corrected chi connectivity index (χ4v) is 2.26. The Morgan fingerprint density at radius 1 is 1.00 bits per heavy atom. The largest absolute Gasteiger partial charge is 0.493 e. The first kappa shape index (κ1) is 19.5. The number of rotatable bonds is 6. The SMILES string of the molecule is COC(=O)c1ccc(NC(=O)/C(C#N)=C/c2ccc(OC)c(OC)c2)cc1. The highest BCUT2D eigenvalue weighted by Gasteiger charge is 2.12. The highest BCUT2D eigenvalue weighted by atomic mass is 16.5. The minimum absolute atomic E-state index is 0.0840. The molecule has 0 radical (unpaired) electrons. The summed E-state index contributed by atoms with van der Waals surface area (Å²) in [7, 11) is 4.31. The van der Waals surface area contributed by atoms with Gasteiger partial charge in [0.05, 0.1) is 26.9 Å². The number of nitrogens with zero attached hydrogens (tertiary/aromatic N) is 1. The van der Waals surface area contributed by atoms with Gasteiger partial charge in [0.15, 0.2) is 11.5 Å². The molecule has 0 unspecified atom stereocenters. The Labute approximate surface area is 156 Å². The number of hydrogen-bond acceptors (Lipinski definition) is 6. The summed E-state index contributed by atoms with van der Waals surface area (Å²) in [6, 6.07) is 13.1. The van der Waals surface area contributed by atoms with Gasteiger partial charge in [-0.1, -0.05) is 6.07 Å². The van der Waals surface area contributed by atoms with Gasteiger partial charge in [-0.15, -0.1) is 0 Å². The second-order valence-corrected chi connectivity index (χ2v) is 5.31. The van der Waals surface area contributed by atoms with E-state index < -0.39 is 11.9 Å². The number of esters is 1. The Kier molecular flexibility index (Phi) is 6.55. The van der Waals surface area contributed by atoms with Crippen LogP contribution in [-0.2, 0) is 9.53 Å². The zero-order chi connectivity index (χ0) is 19.8. The summed E-state index contributed by atoms with van der Waals surface area (Å²) in [5.41, 5.74) is 1.33. The monoisotopic (exact) mass is 366 g/mol. The number of nitrogens with one attached hydrogen (secondary N) is 1. The minimum atomic E-state index is -0.571. The normalized spacial score (nSPS) is 10.5. The zero-order valence-corrected chi connectivity index (χ0v) is 15.1. The molecule has 2 rings (SSSR count). The number of benzene rings is 2. The number of methoxy groups -OCH3 is 3. The van der Waals surface area contributed by atoms with Gasteiger partial charge in [-0.05, 0) is 48.0 Å². The van der Waals surface area contributed by atoms with Crippen LogP contribution in [0, 0.1) is 11.3 Å². The number of anilines is 1. The molecular formula is C20H18N2O5. The number of nitriles is 1. The van der Waals surface area contributed by atoms with Crippen molar-refractivity contribution in [3.05, 3.63) is 59.2 Å². The number of hydrogen-bond donors (Lipinski definition) is 1. The van der Waals surface area contributed by atoms with Gasteiger partial charge in [-0.2, -0.15) is 5.26 Å². The average molecular weight is 366 g/mol. The van der Waals surface area contributed by atoms with Gasteiger partial charge in [0.25, 0.3) is 5.91 Å². The van der Waals surface area contributed by atoms with Crippen LogP contribution in [0.3, 0.4) is 0 Å². The van der Waals surface area contributed by atoms with Gasteiger partial charge in [-0.25, -0.2) is 4.79 Å². The van der Waals surface area contributed by atoms with Crippen LogP contribution in [0.2, 0.25) is 0 Å². The molecule has 0 aliphatic rings. The summed E-state index contributed by atoms with van der Waals surface area (Å²) in [6.07, 6.45) is 1.44. The van der Waals surface area contributed by atoms with E-state index in [4.69, 9.17) is 9.47 Å². The third-order valence-electron chi connectivity index (χ3n) is 3.65. The summed E-state index contributed by atoms with van der Waals surface area (Å²) < 4.78 is 15.0. The molecule has 0 aromatic heterocycles. The Morgan fingerprint density at radius 3 is 2.22 bits per heavy atom. The molecule has 0 aliphatic heterocycles. The maximum absolute atomic E-state index is 12.4. The highest BCUT2D eigenvalue weighted by Crippen LogP contribution is 2.28. The molecule has 0 atom stereocenters. The molecule has 0 heterocycles. The van der Waals surface area contributed by atoms with Crippen LogP contribution in [0.25, 0.3) is 6.08 Å². The van der Waals surface area contributed by atoms with Crippen LogP contribution >= 0.6 is 0 Å². The van der Waals surface area contributed by atoms with E-state index in [1.165, 1.54) is 39.5 Å². The van der Waals surface area contributed by atoms with Crippen molar-refractivity contribution in [3.63, 3.8) is 0 Å². The van der Waals surface area contributed by atoms with Crippen LogP contribution in [-0.4, -0.2) is 33.2 Å². The maximum Gasteiger partial charge on any atom is 0.337 e. The van der Waals surface area contributed by atoms with Crippen molar-refractivity contribution in [2.75, 3.05) is 26.6 Å². The molecule has 27 heavy (non-hydrogen) atoms. The first-order chi connectivity index (χ1) is 13.0. The smallest absolute Gasteiger partial charge is 0.337 e. The first-order valence-electron chi connectivity index (χ1n) is 7.86. The lowest BCUT2D eigenvalue weighted by molar-refractivity contribution is -0.112. The molecule has 0 bridgehead atoms. The Morgan fingerprint density at radius 2 is 1.67 bits per heavy atom. The van der Waals surface area contributed by atoms with E-state index in [1.54, 1.807) is 30.3 Å². The molecule has 2 aromatic rings. The number of amides is 1. The molecule has 0 spiro atoms. The third-order valence-corrected chi connectivity index (χ3v) is 3.65. The summed E-state index contributed by atoms with van der Waals surface area (Å²) >= 11 is 0. The molecule has 7 heteroatoms. The third kappa shape index (κ3) is 4.86. The molecule has 0 aliphatic carbocycles. The second-order valence-electron chi connectivity index (χ2n) is 5.31. The van der Waals surface area contributed by atoms with Crippen molar-refractivity contribution >= 4 is 23.6 Å². The van der Waals surface area contributed by atoms with E-state index in [2.05, 4.69) is 10.1 Å². The molecule has 0 fully saturated rings. The number of ether oxygens (including phenoxy) is 3. The van der Waals surface area contributed by atoms with Gasteiger partial charge in [0.2, 0.25) is 0 Å². The van der Waals surface area contributed by atoms with Crippen molar-refractivity contribution in [1.82, 2.24) is 0 Å². The maximum atomic E-state index is 12.4. The summed E-state index contributed by atoms with van der Waals surface area (Å²) in [6.45, 7) is 0. The van der Waals surface area contributed by atoms with Crippen LogP contribution in [0.5, 0.6) is 11.5 Å². The first-order valence-corrected chi connectivity index (χ1v) is 7.86. The standard InChI is InChI=1S/C20H18N2O5/c1-25-17-9-4-13(11-18(17)26-2)10-15(12-21)19(23)22-16-7-5-14(6-8-16)20(24)27-3/h4-11H,1-3H3,(H,22,23)/b15-10+. The van der Waals surface area contributed by atoms with Crippen LogP contribution in [0.15, 0.2) is 48.0 Å². The Hall–Kier alpha value is -3.79. The fourth-order valence-electron chi connectivity index (χ4n) is 2.26. The number of carbonyl (C=O) groups is 2. The summed E-state index contributed by atoms with van der Waals surface area (Å²) in [5, 5.41) is 11.9. The van der Waals surface area contributed by atoms with Gasteiger partial charge >= 0.3 is 5.97 Å². The van der Waals surface area contributed by atoms with Gasteiger partial charge in [0, 0.05) is 5.69 Å². The van der Waals surface area contributed by atoms with Crippen LogP contribution in [0.1, 0.15) is 15.9 Å². The molecule has 0 saturated carbocycles. The van der Waals surface area contributed by atoms with E-state index in [0.29, 0.717) is 28.3 Å². The number of carbonyl (C=O) groups excluding carboxylic acids is 2. The topological polar surface area (TPSA) is 97.7 Å². The quantitative estimate of drug-likeness (QED) is 0.479. The average Bonchev–Trinajstić information content (AvgIpc) is 2.71. The fraction of sp³-hybridized carbons (Fsp3) is 0.150. The minimum Gasteiger partial charge on any atom is -0.493 e. The second kappa shape index (κ2) is 9.06. The van der Waals surface area contributed by atoms with Crippen molar-refractivity contribution in [2.24, 2.45) is 0 Å². The van der Waals surface area contributed by atoms with E-state index in [1.807, 2.05) is 6.07 Å². The van der Waals surface area contributed by atoms with Crippen molar-refractivity contribution < 1.29 is 23.8 Å². The van der Waals surface area contributed by atoms with Crippen molar-refractivity contribution in [1.29, 1.82) is 5.26 Å². The lowest BCUT2D eigenvalue weighted by Gasteiger charge is -2.08. The Balaban J connectivity index is 2.19. The van der Waals surface area contributed by atoms with E-state index in [-0.39, 0.29) is 5.57 Å². The van der Waals surface area contributed by atoms with E-state index >= 15 is 0 Å². The predicted molar refractivity (Wildman–Crippen MR) is 99.5 cm³/mol. The summed E-state index contributed by atoms with van der Waals surface area (Å²) in [5.74, 6) is -0.0114. The molecule has 1 amide bonds. The zero-order valence-electron chi connectivity index (χ0n) is 15.1. The van der Waals surface area contributed by atoms with E-state index in [9.17, 15) is 14.9 Å². The van der Waals surface area contributed by atoms with Gasteiger partial charge in [-0.3, -0.25) is 4.79 Å². The van der Waals surface area contributed by atoms with E-state index in [0.717, 1.165) is 0 Å². The summed E-state index contributed by atoms with van der Waals surface area (Å²) in [4.78, 5) is 23.8. The molecular weight excluding hydrogens is 348 g/mol. The van der Waals surface area contributed by atoms with Crippen LogP contribution < -0.4 is 14.8 Å². The molecule has 0 saturated heterocycles. The predicted octanol–water partition coefficient (Wildman–Crippen LogP) is 3.04. The van der Waals surface area contributed by atoms with Crippen molar-refractivity contribution in [3.8, 4) is 17.6 Å². The lowest BCUT2D eigenvalue weighted by Crippen LogP contribution is -2.13.